The molecule has 0 saturated carbocycles. The highest BCUT2D eigenvalue weighted by Crippen LogP contribution is 2.22. The lowest BCUT2D eigenvalue weighted by Gasteiger charge is -2.31. The van der Waals surface area contributed by atoms with Crippen molar-refractivity contribution in [2.75, 3.05) is 18.4 Å². The van der Waals surface area contributed by atoms with E-state index in [2.05, 4.69) is 10.3 Å². The van der Waals surface area contributed by atoms with E-state index in [0.717, 1.165) is 5.69 Å². The number of amides is 2. The Morgan fingerprint density at radius 3 is 2.45 bits per heavy atom. The maximum atomic E-state index is 13.0. The number of para-hydroxylation sites is 1. The Morgan fingerprint density at radius 1 is 1.06 bits per heavy atom. The van der Waals surface area contributed by atoms with Gasteiger partial charge in [0.15, 0.2) is 0 Å². The molecule has 1 saturated heterocycles. The van der Waals surface area contributed by atoms with Crippen molar-refractivity contribution in [3.8, 4) is 0 Å². The van der Waals surface area contributed by atoms with Crippen molar-refractivity contribution in [2.45, 2.75) is 26.3 Å². The third kappa shape index (κ3) is 4.14. The van der Waals surface area contributed by atoms with E-state index >= 15 is 0 Å². The fourth-order valence-corrected chi connectivity index (χ4v) is 4.02. The predicted molar refractivity (Wildman–Crippen MR) is 118 cm³/mol. The van der Waals surface area contributed by atoms with E-state index in [9.17, 15) is 19.2 Å². The number of likely N-dealkylation sites (tertiary alicyclic amines) is 1. The van der Waals surface area contributed by atoms with Crippen molar-refractivity contribution in [1.29, 1.82) is 0 Å². The Labute approximate surface area is 178 Å². The molecule has 0 bridgehead atoms. The average molecular weight is 420 g/mol. The number of aryl methyl sites for hydroxylation is 1. The van der Waals surface area contributed by atoms with Gasteiger partial charge in [-0.15, -0.1) is 0 Å². The van der Waals surface area contributed by atoms with Gasteiger partial charge in [0.25, 0.3) is 5.91 Å². The number of nitrogens with one attached hydrogen (secondary N) is 2. The third-order valence-corrected chi connectivity index (χ3v) is 5.73. The van der Waals surface area contributed by atoms with E-state index < -0.39 is 11.1 Å². The number of aromatic amines is 1. The van der Waals surface area contributed by atoms with Crippen LogP contribution in [0.2, 0.25) is 0 Å². The van der Waals surface area contributed by atoms with Crippen LogP contribution in [-0.2, 0) is 11.3 Å². The summed E-state index contributed by atoms with van der Waals surface area (Å²) in [7, 11) is 0. The van der Waals surface area contributed by atoms with Crippen LogP contribution in [0.15, 0.2) is 58.1 Å². The van der Waals surface area contributed by atoms with Gasteiger partial charge in [-0.3, -0.25) is 19.2 Å². The lowest BCUT2D eigenvalue weighted by Crippen LogP contribution is -2.41. The summed E-state index contributed by atoms with van der Waals surface area (Å²) >= 11 is 0. The molecule has 2 aromatic carbocycles. The van der Waals surface area contributed by atoms with Crippen molar-refractivity contribution < 1.29 is 9.59 Å². The van der Waals surface area contributed by atoms with Gasteiger partial charge < -0.3 is 19.8 Å². The number of H-pyrrole nitrogens is 1. The minimum Gasteiger partial charge on any atom is -0.339 e. The fourth-order valence-electron chi connectivity index (χ4n) is 4.02. The number of aromatic nitrogens is 2. The molecule has 1 aliphatic rings. The standard InChI is InChI=1S/C23H24N4O4/c1-2-27-19-9-8-16(14-18(19)25-21(29)23(27)31)22(30)26-12-10-15(11-13-26)20(28)24-17-6-4-3-5-7-17/h3-9,14-15H,2,10-13H2,1H3,(H,24,28)(H,25,29). The van der Waals surface area contributed by atoms with E-state index in [-0.39, 0.29) is 17.7 Å². The lowest BCUT2D eigenvalue weighted by atomic mass is 9.95. The van der Waals surface area contributed by atoms with Crippen LogP contribution >= 0.6 is 0 Å². The summed E-state index contributed by atoms with van der Waals surface area (Å²) in [4.78, 5) is 53.7. The molecule has 0 unspecified atom stereocenters. The molecule has 2 heterocycles. The topological polar surface area (TPSA) is 104 Å². The number of carbonyl (C=O) groups is 2. The van der Waals surface area contributed by atoms with Crippen molar-refractivity contribution >= 4 is 28.5 Å². The van der Waals surface area contributed by atoms with Gasteiger partial charge in [0.1, 0.15) is 0 Å². The monoisotopic (exact) mass is 420 g/mol. The molecule has 0 aliphatic carbocycles. The number of carbonyl (C=O) groups excluding carboxylic acids is 2. The van der Waals surface area contributed by atoms with Crippen molar-refractivity contribution in [2.24, 2.45) is 5.92 Å². The summed E-state index contributed by atoms with van der Waals surface area (Å²) in [5, 5.41) is 2.92. The molecule has 8 heteroatoms. The summed E-state index contributed by atoms with van der Waals surface area (Å²) in [6.45, 7) is 3.12. The first-order chi connectivity index (χ1) is 15.0. The van der Waals surface area contributed by atoms with Crippen LogP contribution in [0.4, 0.5) is 5.69 Å². The lowest BCUT2D eigenvalue weighted by molar-refractivity contribution is -0.121. The zero-order chi connectivity index (χ0) is 22.0. The highest BCUT2D eigenvalue weighted by atomic mass is 16.2. The van der Waals surface area contributed by atoms with Crippen LogP contribution in [0.3, 0.4) is 0 Å². The molecule has 2 N–H and O–H groups in total. The second-order valence-electron chi connectivity index (χ2n) is 7.66. The van der Waals surface area contributed by atoms with E-state index in [1.165, 1.54) is 4.57 Å². The number of hydrogen-bond donors (Lipinski definition) is 2. The summed E-state index contributed by atoms with van der Waals surface area (Å²) < 4.78 is 1.39. The quantitative estimate of drug-likeness (QED) is 0.632. The zero-order valence-corrected chi connectivity index (χ0v) is 17.3. The van der Waals surface area contributed by atoms with Gasteiger partial charge in [-0.2, -0.15) is 0 Å². The van der Waals surface area contributed by atoms with Crippen molar-refractivity contribution in [3.05, 3.63) is 74.8 Å². The summed E-state index contributed by atoms with van der Waals surface area (Å²) in [6.07, 6.45) is 1.17. The molecule has 3 aromatic rings. The SMILES string of the molecule is CCn1c(=O)c(=O)[nH]c2cc(C(=O)N3CCC(C(=O)Nc4ccccc4)CC3)ccc21. The number of piperidine rings is 1. The van der Waals surface area contributed by atoms with Crippen molar-refractivity contribution in [3.63, 3.8) is 0 Å². The maximum Gasteiger partial charge on any atom is 0.316 e. The van der Waals surface area contributed by atoms with Crippen LogP contribution in [-0.4, -0.2) is 39.4 Å². The van der Waals surface area contributed by atoms with Gasteiger partial charge in [-0.25, -0.2) is 0 Å². The first kappa shape index (κ1) is 20.6. The largest absolute Gasteiger partial charge is 0.339 e. The Bertz CT molecular complexity index is 1240. The van der Waals surface area contributed by atoms with E-state index in [1.54, 1.807) is 30.0 Å². The van der Waals surface area contributed by atoms with Gasteiger partial charge in [-0.1, -0.05) is 18.2 Å². The Balaban J connectivity index is 1.45. The maximum absolute atomic E-state index is 13.0. The number of nitrogens with zero attached hydrogens (tertiary/aromatic N) is 2. The Hall–Kier alpha value is -3.68. The van der Waals surface area contributed by atoms with Gasteiger partial charge >= 0.3 is 11.1 Å². The van der Waals surface area contributed by atoms with Gasteiger partial charge in [0.2, 0.25) is 5.91 Å². The van der Waals surface area contributed by atoms with Crippen LogP contribution in [0, 0.1) is 5.92 Å². The molecule has 1 aliphatic heterocycles. The zero-order valence-electron chi connectivity index (χ0n) is 17.3. The molecule has 0 spiro atoms. The number of anilines is 1. The van der Waals surface area contributed by atoms with Crippen LogP contribution in [0.1, 0.15) is 30.1 Å². The van der Waals surface area contributed by atoms with Crippen LogP contribution in [0.25, 0.3) is 11.0 Å². The van der Waals surface area contributed by atoms with Crippen molar-refractivity contribution in [1.82, 2.24) is 14.5 Å². The van der Waals surface area contributed by atoms with Gasteiger partial charge in [0, 0.05) is 36.8 Å². The van der Waals surface area contributed by atoms with Crippen LogP contribution in [0.5, 0.6) is 0 Å². The van der Waals surface area contributed by atoms with Gasteiger partial charge in [0.05, 0.1) is 11.0 Å². The molecule has 0 radical (unpaired) electrons. The molecule has 1 fully saturated rings. The second-order valence-corrected chi connectivity index (χ2v) is 7.66. The fraction of sp³-hybridized carbons (Fsp3) is 0.304. The summed E-state index contributed by atoms with van der Waals surface area (Å²) in [5.41, 5.74) is 0.932. The Morgan fingerprint density at radius 2 is 1.77 bits per heavy atom. The molecule has 0 atom stereocenters. The third-order valence-electron chi connectivity index (χ3n) is 5.73. The minimum atomic E-state index is -0.704. The number of rotatable bonds is 4. The number of fused-ring (bicyclic) bond motifs is 1. The first-order valence-corrected chi connectivity index (χ1v) is 10.4. The highest BCUT2D eigenvalue weighted by molar-refractivity contribution is 5.98. The minimum absolute atomic E-state index is 0.0286. The molecule has 31 heavy (non-hydrogen) atoms. The summed E-state index contributed by atoms with van der Waals surface area (Å²) in [5.74, 6) is -0.325. The smallest absolute Gasteiger partial charge is 0.316 e. The Kier molecular flexibility index (Phi) is 5.70. The predicted octanol–water partition coefficient (Wildman–Crippen LogP) is 2.20. The molecule has 8 nitrogen and oxygen atoms in total. The summed E-state index contributed by atoms with van der Waals surface area (Å²) in [6, 6.07) is 14.3. The van der Waals surface area contributed by atoms with Crippen LogP contribution < -0.4 is 16.4 Å². The highest BCUT2D eigenvalue weighted by Gasteiger charge is 2.28. The number of benzene rings is 2. The van der Waals surface area contributed by atoms with Gasteiger partial charge in [-0.05, 0) is 50.1 Å². The normalized spacial score (nSPS) is 14.5. The van der Waals surface area contributed by atoms with E-state index in [0.29, 0.717) is 49.1 Å². The molecule has 1 aromatic heterocycles. The first-order valence-electron chi connectivity index (χ1n) is 10.4. The molecule has 2 amide bonds. The molecule has 4 rings (SSSR count). The van der Waals surface area contributed by atoms with E-state index in [1.807, 2.05) is 30.3 Å². The number of hydrogen-bond acceptors (Lipinski definition) is 4. The van der Waals surface area contributed by atoms with E-state index in [4.69, 9.17) is 0 Å². The second kappa shape index (κ2) is 8.59. The molecular formula is C23H24N4O4. The molecule has 160 valence electrons. The average Bonchev–Trinajstić information content (AvgIpc) is 2.80. The molecular weight excluding hydrogens is 396 g/mol.